The Morgan fingerprint density at radius 1 is 1.50 bits per heavy atom. The van der Waals surface area contributed by atoms with Gasteiger partial charge in [0.15, 0.2) is 0 Å². The second-order valence-electron chi connectivity index (χ2n) is 3.28. The Balaban J connectivity index is 2.92. The van der Waals surface area contributed by atoms with Crippen LogP contribution in [0.3, 0.4) is 0 Å². The first-order chi connectivity index (χ1) is 7.43. The summed E-state index contributed by atoms with van der Waals surface area (Å²) in [6.45, 7) is -0.714. The van der Waals surface area contributed by atoms with Gasteiger partial charge in [-0.1, -0.05) is 6.07 Å². The summed E-state index contributed by atoms with van der Waals surface area (Å²) in [4.78, 5) is 12.4. The first kappa shape index (κ1) is 12.4. The molecule has 0 fully saturated rings. The average molecular weight is 232 g/mol. The average Bonchev–Trinajstić information content (AvgIpc) is 2.20. The van der Waals surface area contributed by atoms with Crippen molar-refractivity contribution in [2.75, 3.05) is 19.3 Å². The van der Waals surface area contributed by atoms with E-state index in [1.165, 1.54) is 19.2 Å². The van der Waals surface area contributed by atoms with E-state index >= 15 is 0 Å². The number of carbonyl (C=O) groups excluding carboxylic acids is 1. The highest BCUT2D eigenvalue weighted by Gasteiger charge is 2.19. The van der Waals surface area contributed by atoms with Gasteiger partial charge in [0.25, 0.3) is 12.3 Å². The zero-order valence-electron chi connectivity index (χ0n) is 8.58. The van der Waals surface area contributed by atoms with E-state index in [-0.39, 0.29) is 11.3 Å². The fraction of sp³-hybridized carbons (Fsp3) is 0.300. The number of amides is 1. The molecule has 3 nitrogen and oxygen atoms in total. The topological polar surface area (TPSA) is 46.3 Å². The third-order valence-electron chi connectivity index (χ3n) is 2.04. The lowest BCUT2D eigenvalue weighted by molar-refractivity contribution is 0.0621. The third kappa shape index (κ3) is 2.65. The van der Waals surface area contributed by atoms with Crippen molar-refractivity contribution in [3.05, 3.63) is 29.6 Å². The molecule has 0 radical (unpaired) electrons. The molecule has 0 aromatic heterocycles. The standard InChI is InChI=1S/C10H11F3N2O/c1-15(5-8(12)13)10(16)6-3-2-4-7(11)9(6)14/h2-4,8H,5,14H2,1H3. The lowest BCUT2D eigenvalue weighted by atomic mass is 10.1. The Labute approximate surface area is 90.6 Å². The van der Waals surface area contributed by atoms with E-state index in [0.29, 0.717) is 0 Å². The molecule has 1 aromatic carbocycles. The summed E-state index contributed by atoms with van der Waals surface area (Å²) >= 11 is 0. The summed E-state index contributed by atoms with van der Waals surface area (Å²) in [6.07, 6.45) is -2.64. The minimum absolute atomic E-state index is 0.108. The number of nitrogens with zero attached hydrogens (tertiary/aromatic N) is 1. The van der Waals surface area contributed by atoms with Gasteiger partial charge < -0.3 is 10.6 Å². The molecule has 6 heteroatoms. The van der Waals surface area contributed by atoms with Crippen LogP contribution in [0.5, 0.6) is 0 Å². The number of hydrogen-bond donors (Lipinski definition) is 1. The summed E-state index contributed by atoms with van der Waals surface area (Å²) in [5.41, 5.74) is 4.91. The van der Waals surface area contributed by atoms with Gasteiger partial charge in [0, 0.05) is 7.05 Å². The number of alkyl halides is 2. The predicted molar refractivity (Wildman–Crippen MR) is 53.8 cm³/mol. The van der Waals surface area contributed by atoms with E-state index in [1.807, 2.05) is 0 Å². The molecule has 0 atom stereocenters. The summed E-state index contributed by atoms with van der Waals surface area (Å²) in [6, 6.07) is 3.69. The number of benzene rings is 1. The molecular formula is C10H11F3N2O. The van der Waals surface area contributed by atoms with E-state index in [4.69, 9.17) is 5.73 Å². The van der Waals surface area contributed by atoms with Gasteiger partial charge in [0.2, 0.25) is 0 Å². The largest absolute Gasteiger partial charge is 0.396 e. The van der Waals surface area contributed by atoms with E-state index in [1.54, 1.807) is 0 Å². The molecule has 0 aliphatic rings. The van der Waals surface area contributed by atoms with Gasteiger partial charge in [-0.15, -0.1) is 0 Å². The molecule has 1 amide bonds. The van der Waals surface area contributed by atoms with Crippen molar-refractivity contribution in [2.45, 2.75) is 6.43 Å². The molecule has 0 aliphatic heterocycles. The van der Waals surface area contributed by atoms with E-state index < -0.39 is 24.7 Å². The van der Waals surface area contributed by atoms with E-state index in [0.717, 1.165) is 11.0 Å². The van der Waals surface area contributed by atoms with Crippen LogP contribution >= 0.6 is 0 Å². The fourth-order valence-electron chi connectivity index (χ4n) is 1.22. The monoisotopic (exact) mass is 232 g/mol. The van der Waals surface area contributed by atoms with E-state index in [2.05, 4.69) is 0 Å². The minimum atomic E-state index is -2.64. The third-order valence-corrected chi connectivity index (χ3v) is 2.04. The van der Waals surface area contributed by atoms with Gasteiger partial charge in [0.1, 0.15) is 5.82 Å². The van der Waals surface area contributed by atoms with Crippen LogP contribution in [0.4, 0.5) is 18.9 Å². The molecular weight excluding hydrogens is 221 g/mol. The van der Waals surface area contributed by atoms with Crippen LogP contribution < -0.4 is 5.73 Å². The predicted octanol–water partition coefficient (Wildman–Crippen LogP) is 1.74. The Morgan fingerprint density at radius 3 is 2.69 bits per heavy atom. The highest BCUT2D eigenvalue weighted by Crippen LogP contribution is 2.17. The minimum Gasteiger partial charge on any atom is -0.396 e. The van der Waals surface area contributed by atoms with Crippen LogP contribution in [0.2, 0.25) is 0 Å². The normalized spacial score (nSPS) is 10.6. The number of anilines is 1. The molecule has 0 heterocycles. The molecule has 0 unspecified atom stereocenters. The molecule has 0 saturated carbocycles. The second kappa shape index (κ2) is 4.87. The highest BCUT2D eigenvalue weighted by molar-refractivity contribution is 5.99. The Hall–Kier alpha value is -1.72. The van der Waals surface area contributed by atoms with Crippen molar-refractivity contribution in [1.82, 2.24) is 4.90 Å². The number of para-hydroxylation sites is 1. The van der Waals surface area contributed by atoms with Gasteiger partial charge >= 0.3 is 0 Å². The number of carbonyl (C=O) groups is 1. The molecule has 0 saturated heterocycles. The fourth-order valence-corrected chi connectivity index (χ4v) is 1.22. The van der Waals surface area contributed by atoms with Crippen molar-refractivity contribution in [3.63, 3.8) is 0 Å². The van der Waals surface area contributed by atoms with Crippen molar-refractivity contribution in [2.24, 2.45) is 0 Å². The van der Waals surface area contributed by atoms with Crippen molar-refractivity contribution < 1.29 is 18.0 Å². The Morgan fingerprint density at radius 2 is 2.12 bits per heavy atom. The summed E-state index contributed by atoms with van der Waals surface area (Å²) in [7, 11) is 1.21. The maximum absolute atomic E-state index is 13.0. The molecule has 0 bridgehead atoms. The van der Waals surface area contributed by atoms with Crippen LogP contribution in [0.15, 0.2) is 18.2 Å². The van der Waals surface area contributed by atoms with Crippen LogP contribution in [0, 0.1) is 5.82 Å². The van der Waals surface area contributed by atoms with Gasteiger partial charge in [-0.05, 0) is 12.1 Å². The van der Waals surface area contributed by atoms with Crippen LogP contribution in [-0.4, -0.2) is 30.8 Å². The second-order valence-corrected chi connectivity index (χ2v) is 3.28. The number of nitrogens with two attached hydrogens (primary N) is 1. The summed E-state index contributed by atoms with van der Waals surface area (Å²) in [5, 5.41) is 0. The molecule has 16 heavy (non-hydrogen) atoms. The molecule has 88 valence electrons. The van der Waals surface area contributed by atoms with E-state index in [9.17, 15) is 18.0 Å². The molecule has 0 aliphatic carbocycles. The van der Waals surface area contributed by atoms with Crippen LogP contribution in [0.1, 0.15) is 10.4 Å². The zero-order chi connectivity index (χ0) is 12.3. The molecule has 1 rings (SSSR count). The lowest BCUT2D eigenvalue weighted by Crippen LogP contribution is -2.31. The maximum Gasteiger partial charge on any atom is 0.255 e. The van der Waals surface area contributed by atoms with Gasteiger partial charge in [-0.2, -0.15) is 0 Å². The van der Waals surface area contributed by atoms with Gasteiger partial charge in [-0.25, -0.2) is 13.2 Å². The number of halogens is 3. The first-order valence-corrected chi connectivity index (χ1v) is 4.51. The number of rotatable bonds is 3. The lowest BCUT2D eigenvalue weighted by Gasteiger charge is -2.17. The van der Waals surface area contributed by atoms with Crippen molar-refractivity contribution in [1.29, 1.82) is 0 Å². The molecule has 1 aromatic rings. The number of nitrogen functional groups attached to an aromatic ring is 1. The quantitative estimate of drug-likeness (QED) is 0.807. The van der Waals surface area contributed by atoms with Crippen molar-refractivity contribution >= 4 is 11.6 Å². The van der Waals surface area contributed by atoms with Crippen molar-refractivity contribution in [3.8, 4) is 0 Å². The zero-order valence-corrected chi connectivity index (χ0v) is 8.58. The summed E-state index contributed by atoms with van der Waals surface area (Å²) in [5.74, 6) is -1.46. The molecule has 0 spiro atoms. The molecule has 2 N–H and O–H groups in total. The van der Waals surface area contributed by atoms with Crippen LogP contribution in [0.25, 0.3) is 0 Å². The smallest absolute Gasteiger partial charge is 0.255 e. The SMILES string of the molecule is CN(CC(F)F)C(=O)c1cccc(F)c1N. The highest BCUT2D eigenvalue weighted by atomic mass is 19.3. The number of hydrogen-bond acceptors (Lipinski definition) is 2. The van der Waals surface area contributed by atoms with Crippen LogP contribution in [-0.2, 0) is 0 Å². The Kier molecular flexibility index (Phi) is 3.76. The summed E-state index contributed by atoms with van der Waals surface area (Å²) < 4.78 is 37.1. The first-order valence-electron chi connectivity index (χ1n) is 4.51. The Bertz CT molecular complexity index is 396. The maximum atomic E-state index is 13.0. The van der Waals surface area contributed by atoms with Gasteiger partial charge in [-0.3, -0.25) is 4.79 Å². The van der Waals surface area contributed by atoms with Gasteiger partial charge in [0.05, 0.1) is 17.8 Å².